The first-order chi connectivity index (χ1) is 15.4. The lowest BCUT2D eigenvalue weighted by molar-refractivity contribution is 0.00578. The summed E-state index contributed by atoms with van der Waals surface area (Å²) in [7, 11) is -0.409. The van der Waals surface area contributed by atoms with Crippen LogP contribution in [0.15, 0.2) is 84.9 Å². The van der Waals surface area contributed by atoms with Crippen LogP contribution in [0, 0.1) is 0 Å². The number of fused-ring (bicyclic) bond motifs is 5. The van der Waals surface area contributed by atoms with Crippen molar-refractivity contribution in [1.82, 2.24) is 4.57 Å². The highest BCUT2D eigenvalue weighted by Gasteiger charge is 2.52. The normalized spacial score (nSPS) is 17.6. The molecule has 5 aromatic rings. The zero-order valence-corrected chi connectivity index (χ0v) is 18.9. The van der Waals surface area contributed by atoms with E-state index >= 15 is 0 Å². The lowest BCUT2D eigenvalue weighted by Gasteiger charge is -2.32. The fraction of sp³-hybridized carbons (Fsp3) is 0.214. The molecule has 0 N–H and O–H groups in total. The first kappa shape index (κ1) is 19.6. The van der Waals surface area contributed by atoms with Crippen molar-refractivity contribution in [2.24, 2.45) is 0 Å². The van der Waals surface area contributed by atoms with Crippen LogP contribution in [-0.4, -0.2) is 22.9 Å². The molecule has 0 atom stereocenters. The predicted octanol–water partition coefficient (Wildman–Crippen LogP) is 6.24. The number of benzene rings is 4. The second-order valence-electron chi connectivity index (χ2n) is 9.68. The molecular weight excluding hydrogens is 393 g/mol. The predicted molar refractivity (Wildman–Crippen MR) is 134 cm³/mol. The summed E-state index contributed by atoms with van der Waals surface area (Å²) >= 11 is 0. The van der Waals surface area contributed by atoms with E-state index in [1.54, 1.807) is 0 Å². The van der Waals surface area contributed by atoms with Gasteiger partial charge in [0.2, 0.25) is 0 Å². The molecule has 4 aromatic carbocycles. The summed E-state index contributed by atoms with van der Waals surface area (Å²) in [6, 6.07) is 30.1. The van der Waals surface area contributed by atoms with E-state index in [0.717, 1.165) is 11.2 Å². The third-order valence-electron chi connectivity index (χ3n) is 7.23. The van der Waals surface area contributed by atoms with E-state index in [9.17, 15) is 0 Å². The molecule has 1 fully saturated rings. The minimum Gasteiger partial charge on any atom is -0.399 e. The van der Waals surface area contributed by atoms with Crippen molar-refractivity contribution in [3.05, 3.63) is 84.9 Å². The second-order valence-corrected chi connectivity index (χ2v) is 9.68. The molecule has 0 amide bonds. The van der Waals surface area contributed by atoms with Gasteiger partial charge < -0.3 is 13.9 Å². The summed E-state index contributed by atoms with van der Waals surface area (Å²) in [5, 5.41) is 4.82. The van der Waals surface area contributed by atoms with Gasteiger partial charge in [-0.2, -0.15) is 0 Å². The lowest BCUT2D eigenvalue weighted by Crippen LogP contribution is -2.41. The molecule has 1 aliphatic rings. The van der Waals surface area contributed by atoms with Gasteiger partial charge in [0.15, 0.2) is 0 Å². The molecule has 1 saturated heterocycles. The van der Waals surface area contributed by atoms with Gasteiger partial charge in [0, 0.05) is 21.8 Å². The van der Waals surface area contributed by atoms with Crippen molar-refractivity contribution < 1.29 is 9.31 Å². The third kappa shape index (κ3) is 2.70. The minimum atomic E-state index is -0.409. The molecule has 3 nitrogen and oxygen atoms in total. The minimum absolute atomic E-state index is 0.383. The van der Waals surface area contributed by atoms with Crippen molar-refractivity contribution >= 4 is 45.2 Å². The maximum atomic E-state index is 6.48. The van der Waals surface area contributed by atoms with Crippen LogP contribution in [0.3, 0.4) is 0 Å². The van der Waals surface area contributed by atoms with Crippen LogP contribution in [0.25, 0.3) is 38.3 Å². The molecule has 0 spiro atoms. The van der Waals surface area contributed by atoms with Gasteiger partial charge in [0.25, 0.3) is 0 Å². The lowest BCUT2D eigenvalue weighted by atomic mass is 9.75. The van der Waals surface area contributed by atoms with Crippen molar-refractivity contribution in [2.75, 3.05) is 0 Å². The summed E-state index contributed by atoms with van der Waals surface area (Å²) in [6.45, 7) is 8.42. The first-order valence-electron chi connectivity index (χ1n) is 11.2. The highest BCUT2D eigenvalue weighted by molar-refractivity contribution is 6.66. The molecule has 1 aromatic heterocycles. The van der Waals surface area contributed by atoms with Crippen molar-refractivity contribution in [3.63, 3.8) is 0 Å². The SMILES string of the molecule is CC1(C)OB(c2cc3c4ccccc4n(-c4ccccc4)c3c3ccccc23)OC1(C)C. The summed E-state index contributed by atoms with van der Waals surface area (Å²) in [5.74, 6) is 0. The topological polar surface area (TPSA) is 23.4 Å². The molecular formula is C28H26BNO2. The monoisotopic (exact) mass is 419 g/mol. The van der Waals surface area contributed by atoms with E-state index in [-0.39, 0.29) is 11.2 Å². The third-order valence-corrected chi connectivity index (χ3v) is 7.23. The summed E-state index contributed by atoms with van der Waals surface area (Å²) < 4.78 is 15.3. The smallest absolute Gasteiger partial charge is 0.399 e. The first-order valence-corrected chi connectivity index (χ1v) is 11.2. The molecule has 158 valence electrons. The Labute approximate surface area is 188 Å². The van der Waals surface area contributed by atoms with Gasteiger partial charge >= 0.3 is 7.12 Å². The van der Waals surface area contributed by atoms with Crippen LogP contribution in [-0.2, 0) is 9.31 Å². The Hall–Kier alpha value is -3.08. The van der Waals surface area contributed by atoms with Gasteiger partial charge in [0.05, 0.1) is 22.2 Å². The van der Waals surface area contributed by atoms with Gasteiger partial charge in [-0.05, 0) is 56.7 Å². The van der Waals surface area contributed by atoms with E-state index < -0.39 is 7.12 Å². The van der Waals surface area contributed by atoms with E-state index in [1.807, 2.05) is 0 Å². The number of rotatable bonds is 2. The molecule has 0 radical (unpaired) electrons. The van der Waals surface area contributed by atoms with E-state index in [0.29, 0.717) is 0 Å². The van der Waals surface area contributed by atoms with Gasteiger partial charge in [-0.1, -0.05) is 66.7 Å². The number of hydrogen-bond donors (Lipinski definition) is 0. The molecule has 32 heavy (non-hydrogen) atoms. The quantitative estimate of drug-likeness (QED) is 0.317. The number of nitrogens with zero attached hydrogens (tertiary/aromatic N) is 1. The Morgan fingerprint density at radius 3 is 1.88 bits per heavy atom. The Balaban J connectivity index is 1.73. The maximum absolute atomic E-state index is 6.48. The van der Waals surface area contributed by atoms with Gasteiger partial charge in [0.1, 0.15) is 0 Å². The van der Waals surface area contributed by atoms with Crippen LogP contribution < -0.4 is 5.46 Å². The maximum Gasteiger partial charge on any atom is 0.495 e. The highest BCUT2D eigenvalue weighted by atomic mass is 16.7. The molecule has 0 aliphatic carbocycles. The van der Waals surface area contributed by atoms with Crippen molar-refractivity contribution in [2.45, 2.75) is 38.9 Å². The van der Waals surface area contributed by atoms with Gasteiger partial charge in [-0.15, -0.1) is 0 Å². The molecule has 1 aliphatic heterocycles. The Bertz CT molecular complexity index is 1470. The molecule has 0 unspecified atom stereocenters. The van der Waals surface area contributed by atoms with Crippen LogP contribution in [0.1, 0.15) is 27.7 Å². The van der Waals surface area contributed by atoms with E-state index in [1.165, 1.54) is 32.6 Å². The molecule has 6 rings (SSSR count). The van der Waals surface area contributed by atoms with Crippen LogP contribution in [0.4, 0.5) is 0 Å². The molecule has 2 heterocycles. The summed E-state index contributed by atoms with van der Waals surface area (Å²) in [6.07, 6.45) is 0. The molecule has 0 bridgehead atoms. The molecule has 0 saturated carbocycles. The van der Waals surface area contributed by atoms with E-state index in [2.05, 4.69) is 117 Å². The Kier molecular flexibility index (Phi) is 4.11. The van der Waals surface area contributed by atoms with Gasteiger partial charge in [-0.25, -0.2) is 0 Å². The zero-order valence-electron chi connectivity index (χ0n) is 18.9. The average molecular weight is 419 g/mol. The fourth-order valence-electron chi connectivity index (χ4n) is 4.86. The molecule has 4 heteroatoms. The second kappa shape index (κ2) is 6.71. The standard InChI is InChI=1S/C28H26BNO2/c1-27(2)28(3,4)32-29(31-27)24-18-23-21-15-10-11-17-25(21)30(19-12-6-5-7-13-19)26(23)22-16-9-8-14-20(22)24/h5-18H,1-4H3. The van der Waals surface area contributed by atoms with Crippen molar-refractivity contribution in [1.29, 1.82) is 0 Å². The number of para-hydroxylation sites is 2. The van der Waals surface area contributed by atoms with Crippen LogP contribution in [0.2, 0.25) is 0 Å². The van der Waals surface area contributed by atoms with E-state index in [4.69, 9.17) is 9.31 Å². The summed E-state index contributed by atoms with van der Waals surface area (Å²) in [4.78, 5) is 0. The zero-order chi connectivity index (χ0) is 22.1. The van der Waals surface area contributed by atoms with Crippen molar-refractivity contribution in [3.8, 4) is 5.69 Å². The largest absolute Gasteiger partial charge is 0.495 e. The van der Waals surface area contributed by atoms with Crippen LogP contribution in [0.5, 0.6) is 0 Å². The van der Waals surface area contributed by atoms with Gasteiger partial charge in [-0.3, -0.25) is 0 Å². The average Bonchev–Trinajstić information content (AvgIpc) is 3.24. The number of hydrogen-bond acceptors (Lipinski definition) is 2. The Morgan fingerprint density at radius 2 is 1.19 bits per heavy atom. The Morgan fingerprint density at radius 1 is 0.625 bits per heavy atom. The van der Waals surface area contributed by atoms with Crippen LogP contribution >= 0.6 is 0 Å². The number of aromatic nitrogens is 1. The fourth-order valence-corrected chi connectivity index (χ4v) is 4.86. The highest BCUT2D eigenvalue weighted by Crippen LogP contribution is 2.40. The summed E-state index contributed by atoms with van der Waals surface area (Å²) in [5.41, 5.74) is 3.89.